The van der Waals surface area contributed by atoms with Crippen LogP contribution in [-0.4, -0.2) is 23.8 Å². The predicted octanol–water partition coefficient (Wildman–Crippen LogP) is 2.17. The minimum atomic E-state index is -0.110. The molecular weight excluding hydrogens is 174 g/mol. The SMILES string of the molecule is CC1CCCC(CNC(C)(C)CO)C1. The predicted molar refractivity (Wildman–Crippen MR) is 60.3 cm³/mol. The molecule has 2 N–H and O–H groups in total. The van der Waals surface area contributed by atoms with Crippen LogP contribution < -0.4 is 5.32 Å². The highest BCUT2D eigenvalue weighted by Gasteiger charge is 2.22. The third-order valence-corrected chi connectivity index (χ3v) is 3.31. The smallest absolute Gasteiger partial charge is 0.0607 e. The van der Waals surface area contributed by atoms with E-state index in [-0.39, 0.29) is 12.1 Å². The van der Waals surface area contributed by atoms with Crippen molar-refractivity contribution in [3.63, 3.8) is 0 Å². The number of hydrogen-bond donors (Lipinski definition) is 2. The summed E-state index contributed by atoms with van der Waals surface area (Å²) in [4.78, 5) is 0. The van der Waals surface area contributed by atoms with Gasteiger partial charge in [0.1, 0.15) is 0 Å². The van der Waals surface area contributed by atoms with Gasteiger partial charge in [-0.25, -0.2) is 0 Å². The number of rotatable bonds is 4. The van der Waals surface area contributed by atoms with Gasteiger partial charge in [-0.05, 0) is 45.1 Å². The maximum Gasteiger partial charge on any atom is 0.0607 e. The van der Waals surface area contributed by atoms with Crippen molar-refractivity contribution in [3.8, 4) is 0 Å². The molecular formula is C12H25NO. The average molecular weight is 199 g/mol. The lowest BCUT2D eigenvalue weighted by Gasteiger charge is -2.31. The van der Waals surface area contributed by atoms with E-state index >= 15 is 0 Å². The van der Waals surface area contributed by atoms with Gasteiger partial charge < -0.3 is 10.4 Å². The van der Waals surface area contributed by atoms with E-state index in [1.54, 1.807) is 0 Å². The first-order valence-corrected chi connectivity index (χ1v) is 5.89. The van der Waals surface area contributed by atoms with Crippen LogP contribution in [0.1, 0.15) is 46.5 Å². The van der Waals surface area contributed by atoms with Crippen LogP contribution in [0.2, 0.25) is 0 Å². The molecule has 0 aliphatic heterocycles. The molecule has 2 heteroatoms. The summed E-state index contributed by atoms with van der Waals surface area (Å²) in [5, 5.41) is 12.6. The van der Waals surface area contributed by atoms with Crippen molar-refractivity contribution >= 4 is 0 Å². The number of hydrogen-bond acceptors (Lipinski definition) is 2. The van der Waals surface area contributed by atoms with E-state index in [1.165, 1.54) is 25.7 Å². The molecule has 0 radical (unpaired) electrons. The van der Waals surface area contributed by atoms with Gasteiger partial charge >= 0.3 is 0 Å². The Labute approximate surface area is 88.1 Å². The van der Waals surface area contributed by atoms with Crippen LogP contribution in [0, 0.1) is 11.8 Å². The molecule has 1 saturated carbocycles. The molecule has 0 aromatic heterocycles. The first kappa shape index (κ1) is 12.0. The highest BCUT2D eigenvalue weighted by molar-refractivity contribution is 4.79. The van der Waals surface area contributed by atoms with E-state index in [0.717, 1.165) is 18.4 Å². The zero-order valence-corrected chi connectivity index (χ0v) is 9.84. The number of nitrogens with one attached hydrogen (secondary N) is 1. The summed E-state index contributed by atoms with van der Waals surface area (Å²) >= 11 is 0. The van der Waals surface area contributed by atoms with Crippen molar-refractivity contribution in [1.82, 2.24) is 5.32 Å². The summed E-state index contributed by atoms with van der Waals surface area (Å²) in [5.41, 5.74) is -0.110. The Kier molecular flexibility index (Phi) is 4.39. The topological polar surface area (TPSA) is 32.3 Å². The summed E-state index contributed by atoms with van der Waals surface area (Å²) in [6, 6.07) is 0. The Balaban J connectivity index is 2.23. The van der Waals surface area contributed by atoms with Gasteiger partial charge in [0.15, 0.2) is 0 Å². The molecule has 0 heterocycles. The standard InChI is InChI=1S/C12H25NO/c1-10-5-4-6-11(7-10)8-13-12(2,3)9-14/h10-11,13-14H,4-9H2,1-3H3. The fourth-order valence-electron chi connectivity index (χ4n) is 2.22. The molecule has 2 nitrogen and oxygen atoms in total. The monoisotopic (exact) mass is 199 g/mol. The van der Waals surface area contributed by atoms with Crippen LogP contribution in [0.3, 0.4) is 0 Å². The molecule has 2 unspecified atom stereocenters. The normalized spacial score (nSPS) is 29.1. The average Bonchev–Trinajstić information content (AvgIpc) is 2.15. The fourth-order valence-corrected chi connectivity index (χ4v) is 2.22. The molecule has 14 heavy (non-hydrogen) atoms. The summed E-state index contributed by atoms with van der Waals surface area (Å²) in [5.74, 6) is 1.72. The summed E-state index contributed by atoms with van der Waals surface area (Å²) in [6.07, 6.45) is 5.50. The zero-order chi connectivity index (χ0) is 10.6. The third-order valence-electron chi connectivity index (χ3n) is 3.31. The molecule has 0 aromatic rings. The van der Waals surface area contributed by atoms with Crippen LogP contribution in [0.25, 0.3) is 0 Å². The minimum Gasteiger partial charge on any atom is -0.394 e. The quantitative estimate of drug-likeness (QED) is 0.727. The molecule has 0 spiro atoms. The highest BCUT2D eigenvalue weighted by atomic mass is 16.3. The van der Waals surface area contributed by atoms with Crippen LogP contribution >= 0.6 is 0 Å². The Morgan fingerprint density at radius 3 is 2.64 bits per heavy atom. The Bertz CT molecular complexity index is 168. The van der Waals surface area contributed by atoms with E-state index in [1.807, 2.05) is 0 Å². The molecule has 1 rings (SSSR count). The van der Waals surface area contributed by atoms with Gasteiger partial charge in [-0.3, -0.25) is 0 Å². The highest BCUT2D eigenvalue weighted by Crippen LogP contribution is 2.28. The molecule has 0 aromatic carbocycles. The fraction of sp³-hybridized carbons (Fsp3) is 1.00. The van der Waals surface area contributed by atoms with Crippen molar-refractivity contribution in [3.05, 3.63) is 0 Å². The van der Waals surface area contributed by atoms with Crippen molar-refractivity contribution in [2.45, 2.75) is 52.0 Å². The molecule has 0 amide bonds. The van der Waals surface area contributed by atoms with Crippen molar-refractivity contribution in [2.24, 2.45) is 11.8 Å². The van der Waals surface area contributed by atoms with Crippen LogP contribution in [0.15, 0.2) is 0 Å². The Morgan fingerprint density at radius 1 is 1.36 bits per heavy atom. The third kappa shape index (κ3) is 3.97. The summed E-state index contributed by atoms with van der Waals surface area (Å²) in [7, 11) is 0. The first-order valence-electron chi connectivity index (χ1n) is 5.89. The van der Waals surface area contributed by atoms with Gasteiger partial charge in [-0.2, -0.15) is 0 Å². The molecule has 84 valence electrons. The van der Waals surface area contributed by atoms with E-state index in [0.29, 0.717) is 0 Å². The lowest BCUT2D eigenvalue weighted by Crippen LogP contribution is -2.45. The Hall–Kier alpha value is -0.0800. The van der Waals surface area contributed by atoms with E-state index in [2.05, 4.69) is 26.1 Å². The first-order chi connectivity index (χ1) is 6.53. The molecule has 1 aliphatic carbocycles. The maximum absolute atomic E-state index is 9.11. The van der Waals surface area contributed by atoms with Crippen LogP contribution in [0.5, 0.6) is 0 Å². The van der Waals surface area contributed by atoms with Crippen LogP contribution in [-0.2, 0) is 0 Å². The van der Waals surface area contributed by atoms with Gasteiger partial charge in [0, 0.05) is 5.54 Å². The lowest BCUT2D eigenvalue weighted by molar-refractivity contribution is 0.172. The molecule has 1 fully saturated rings. The second kappa shape index (κ2) is 5.13. The minimum absolute atomic E-state index is 0.110. The second-order valence-corrected chi connectivity index (χ2v) is 5.56. The maximum atomic E-state index is 9.11. The summed E-state index contributed by atoms with van der Waals surface area (Å²) in [6.45, 7) is 7.75. The number of aliphatic hydroxyl groups excluding tert-OH is 1. The van der Waals surface area contributed by atoms with Crippen molar-refractivity contribution in [1.29, 1.82) is 0 Å². The molecule has 1 aliphatic rings. The number of aliphatic hydroxyl groups is 1. The second-order valence-electron chi connectivity index (χ2n) is 5.56. The van der Waals surface area contributed by atoms with Gasteiger partial charge in [-0.1, -0.05) is 19.8 Å². The van der Waals surface area contributed by atoms with E-state index in [9.17, 15) is 0 Å². The molecule has 0 bridgehead atoms. The van der Waals surface area contributed by atoms with Crippen molar-refractivity contribution in [2.75, 3.05) is 13.2 Å². The largest absolute Gasteiger partial charge is 0.394 e. The summed E-state index contributed by atoms with van der Waals surface area (Å²) < 4.78 is 0. The van der Waals surface area contributed by atoms with Crippen LogP contribution in [0.4, 0.5) is 0 Å². The van der Waals surface area contributed by atoms with E-state index in [4.69, 9.17) is 5.11 Å². The van der Waals surface area contributed by atoms with Crippen molar-refractivity contribution < 1.29 is 5.11 Å². The molecule has 0 saturated heterocycles. The van der Waals surface area contributed by atoms with Gasteiger partial charge in [0.25, 0.3) is 0 Å². The zero-order valence-electron chi connectivity index (χ0n) is 9.84. The Morgan fingerprint density at radius 2 is 2.07 bits per heavy atom. The lowest BCUT2D eigenvalue weighted by atomic mass is 9.82. The van der Waals surface area contributed by atoms with Gasteiger partial charge in [0.05, 0.1) is 6.61 Å². The van der Waals surface area contributed by atoms with Gasteiger partial charge in [-0.15, -0.1) is 0 Å². The van der Waals surface area contributed by atoms with E-state index < -0.39 is 0 Å². The van der Waals surface area contributed by atoms with Gasteiger partial charge in [0.2, 0.25) is 0 Å². The molecule has 2 atom stereocenters.